The maximum absolute atomic E-state index is 12.0. The van der Waals surface area contributed by atoms with Crippen molar-refractivity contribution >= 4 is 17.3 Å². The van der Waals surface area contributed by atoms with Gasteiger partial charge in [0.05, 0.1) is 0 Å². The summed E-state index contributed by atoms with van der Waals surface area (Å²) < 4.78 is 0. The van der Waals surface area contributed by atoms with E-state index in [1.807, 2.05) is 31.1 Å². The van der Waals surface area contributed by atoms with Crippen LogP contribution in [-0.4, -0.2) is 25.1 Å². The van der Waals surface area contributed by atoms with Crippen LogP contribution in [0.1, 0.15) is 10.4 Å². The number of phenols is 1. The summed E-state index contributed by atoms with van der Waals surface area (Å²) in [6, 6.07) is 13.8. The molecule has 0 bridgehead atoms. The van der Waals surface area contributed by atoms with Gasteiger partial charge in [-0.25, -0.2) is 0 Å². The average molecular weight is 256 g/mol. The highest BCUT2D eigenvalue weighted by Gasteiger charge is 2.06. The highest BCUT2D eigenvalue weighted by molar-refractivity contribution is 6.04. The molecule has 0 unspecified atom stereocenters. The number of hydrogen-bond acceptors (Lipinski definition) is 3. The molecule has 0 aromatic heterocycles. The van der Waals surface area contributed by atoms with Crippen molar-refractivity contribution in [3.63, 3.8) is 0 Å². The fourth-order valence-electron chi connectivity index (χ4n) is 1.70. The van der Waals surface area contributed by atoms with Gasteiger partial charge in [0, 0.05) is 37.1 Å². The molecule has 0 atom stereocenters. The molecule has 0 spiro atoms. The fourth-order valence-corrected chi connectivity index (χ4v) is 1.70. The number of phenolic OH excluding ortho intramolecular Hbond substituents is 1. The van der Waals surface area contributed by atoms with Gasteiger partial charge in [-0.05, 0) is 36.4 Å². The average Bonchev–Trinajstić information content (AvgIpc) is 2.39. The number of rotatable bonds is 3. The summed E-state index contributed by atoms with van der Waals surface area (Å²) in [4.78, 5) is 14.0. The van der Waals surface area contributed by atoms with Gasteiger partial charge in [-0.2, -0.15) is 0 Å². The van der Waals surface area contributed by atoms with E-state index in [1.165, 1.54) is 6.07 Å². The molecule has 0 aliphatic carbocycles. The second-order valence-electron chi connectivity index (χ2n) is 4.45. The smallest absolute Gasteiger partial charge is 0.255 e. The SMILES string of the molecule is CN(C)c1ccc(C(=O)Nc2cccc(O)c2)cc1. The van der Waals surface area contributed by atoms with Gasteiger partial charge < -0.3 is 15.3 Å². The van der Waals surface area contributed by atoms with Crippen LogP contribution in [0, 0.1) is 0 Å². The Bertz CT molecular complexity index is 577. The Hall–Kier alpha value is -2.49. The predicted octanol–water partition coefficient (Wildman–Crippen LogP) is 2.71. The van der Waals surface area contributed by atoms with E-state index in [4.69, 9.17) is 0 Å². The van der Waals surface area contributed by atoms with E-state index in [0.717, 1.165) is 5.69 Å². The summed E-state index contributed by atoms with van der Waals surface area (Å²) in [5.74, 6) is -0.0725. The third kappa shape index (κ3) is 3.25. The first kappa shape index (κ1) is 13.0. The van der Waals surface area contributed by atoms with E-state index < -0.39 is 0 Å². The van der Waals surface area contributed by atoms with Crippen molar-refractivity contribution in [3.05, 3.63) is 54.1 Å². The van der Waals surface area contributed by atoms with Crippen LogP contribution in [-0.2, 0) is 0 Å². The van der Waals surface area contributed by atoms with Crippen molar-refractivity contribution in [2.45, 2.75) is 0 Å². The van der Waals surface area contributed by atoms with Crippen LogP contribution in [0.4, 0.5) is 11.4 Å². The lowest BCUT2D eigenvalue weighted by molar-refractivity contribution is 0.102. The molecule has 1 amide bonds. The zero-order valence-electron chi connectivity index (χ0n) is 10.9. The van der Waals surface area contributed by atoms with Crippen LogP contribution in [0.3, 0.4) is 0 Å². The number of carbonyl (C=O) groups excluding carboxylic acids is 1. The molecular formula is C15H16N2O2. The molecule has 2 N–H and O–H groups in total. The molecule has 2 rings (SSSR count). The van der Waals surface area contributed by atoms with E-state index in [0.29, 0.717) is 11.3 Å². The lowest BCUT2D eigenvalue weighted by Crippen LogP contribution is -2.13. The molecule has 0 saturated heterocycles. The van der Waals surface area contributed by atoms with Gasteiger partial charge in [0.25, 0.3) is 5.91 Å². The summed E-state index contributed by atoms with van der Waals surface area (Å²) in [6.45, 7) is 0. The second kappa shape index (κ2) is 5.44. The largest absolute Gasteiger partial charge is 0.508 e. The van der Waals surface area contributed by atoms with Crippen LogP contribution >= 0.6 is 0 Å². The molecule has 98 valence electrons. The van der Waals surface area contributed by atoms with Crippen molar-refractivity contribution in [1.82, 2.24) is 0 Å². The van der Waals surface area contributed by atoms with Gasteiger partial charge in [0.15, 0.2) is 0 Å². The number of aromatic hydroxyl groups is 1. The topological polar surface area (TPSA) is 52.6 Å². The standard InChI is InChI=1S/C15H16N2O2/c1-17(2)13-8-6-11(7-9-13)15(19)16-12-4-3-5-14(18)10-12/h3-10,18H,1-2H3,(H,16,19). The third-order valence-corrected chi connectivity index (χ3v) is 2.75. The van der Waals surface area contributed by atoms with Crippen LogP contribution in [0.25, 0.3) is 0 Å². The number of hydrogen-bond donors (Lipinski definition) is 2. The van der Waals surface area contributed by atoms with Crippen molar-refractivity contribution in [3.8, 4) is 5.75 Å². The molecule has 2 aromatic carbocycles. The first-order valence-electron chi connectivity index (χ1n) is 5.94. The first-order chi connectivity index (χ1) is 9.06. The quantitative estimate of drug-likeness (QED) is 0.887. The van der Waals surface area contributed by atoms with Crippen molar-refractivity contribution in [1.29, 1.82) is 0 Å². The molecule has 4 nitrogen and oxygen atoms in total. The normalized spacial score (nSPS) is 10.0. The molecular weight excluding hydrogens is 240 g/mol. The number of anilines is 2. The summed E-state index contributed by atoms with van der Waals surface area (Å²) in [7, 11) is 3.89. The minimum atomic E-state index is -0.198. The molecule has 4 heteroatoms. The van der Waals surface area contributed by atoms with Crippen molar-refractivity contribution in [2.24, 2.45) is 0 Å². The maximum Gasteiger partial charge on any atom is 0.255 e. The van der Waals surface area contributed by atoms with Gasteiger partial charge in [-0.15, -0.1) is 0 Å². The third-order valence-electron chi connectivity index (χ3n) is 2.75. The van der Waals surface area contributed by atoms with E-state index >= 15 is 0 Å². The zero-order valence-corrected chi connectivity index (χ0v) is 10.9. The van der Waals surface area contributed by atoms with Gasteiger partial charge in [0.1, 0.15) is 5.75 Å². The van der Waals surface area contributed by atoms with E-state index in [1.54, 1.807) is 30.3 Å². The van der Waals surface area contributed by atoms with Gasteiger partial charge in [-0.3, -0.25) is 4.79 Å². The Morgan fingerprint density at radius 1 is 1.11 bits per heavy atom. The number of nitrogens with one attached hydrogen (secondary N) is 1. The summed E-state index contributed by atoms with van der Waals surface area (Å²) in [6.07, 6.45) is 0. The van der Waals surface area contributed by atoms with E-state index in [-0.39, 0.29) is 11.7 Å². The van der Waals surface area contributed by atoms with Crippen LogP contribution in [0.2, 0.25) is 0 Å². The van der Waals surface area contributed by atoms with Crippen molar-refractivity contribution < 1.29 is 9.90 Å². The summed E-state index contributed by atoms with van der Waals surface area (Å²) in [5.41, 5.74) is 2.18. The Kier molecular flexibility index (Phi) is 3.71. The number of amides is 1. The van der Waals surface area contributed by atoms with Crippen LogP contribution in [0.5, 0.6) is 5.75 Å². The lowest BCUT2D eigenvalue weighted by Gasteiger charge is -2.12. The van der Waals surface area contributed by atoms with E-state index in [9.17, 15) is 9.90 Å². The molecule has 0 aliphatic heterocycles. The van der Waals surface area contributed by atoms with Gasteiger partial charge >= 0.3 is 0 Å². The minimum absolute atomic E-state index is 0.126. The summed E-state index contributed by atoms with van der Waals surface area (Å²) in [5, 5.41) is 12.1. The monoisotopic (exact) mass is 256 g/mol. The predicted molar refractivity (Wildman–Crippen MR) is 76.8 cm³/mol. The molecule has 0 aliphatic rings. The Labute approximate surface area is 112 Å². The fraction of sp³-hybridized carbons (Fsp3) is 0.133. The van der Waals surface area contributed by atoms with Gasteiger partial charge in [-0.1, -0.05) is 6.07 Å². The Morgan fingerprint density at radius 2 is 1.79 bits per heavy atom. The number of nitrogens with zero attached hydrogens (tertiary/aromatic N) is 1. The van der Waals surface area contributed by atoms with Crippen LogP contribution in [0.15, 0.2) is 48.5 Å². The summed E-state index contributed by atoms with van der Waals surface area (Å²) >= 11 is 0. The zero-order chi connectivity index (χ0) is 13.8. The number of benzene rings is 2. The second-order valence-corrected chi connectivity index (χ2v) is 4.45. The van der Waals surface area contributed by atoms with Gasteiger partial charge in [0.2, 0.25) is 0 Å². The molecule has 0 saturated carbocycles. The first-order valence-corrected chi connectivity index (χ1v) is 5.94. The molecule has 19 heavy (non-hydrogen) atoms. The molecule has 2 aromatic rings. The highest BCUT2D eigenvalue weighted by Crippen LogP contribution is 2.17. The Morgan fingerprint density at radius 3 is 2.37 bits per heavy atom. The highest BCUT2D eigenvalue weighted by atomic mass is 16.3. The number of carbonyl (C=O) groups is 1. The van der Waals surface area contributed by atoms with Crippen molar-refractivity contribution in [2.75, 3.05) is 24.3 Å². The molecule has 0 fully saturated rings. The lowest BCUT2D eigenvalue weighted by atomic mass is 10.2. The molecule has 0 radical (unpaired) electrons. The van der Waals surface area contributed by atoms with Crippen LogP contribution < -0.4 is 10.2 Å². The Balaban J connectivity index is 2.11. The maximum atomic E-state index is 12.0. The minimum Gasteiger partial charge on any atom is -0.508 e. The van der Waals surface area contributed by atoms with E-state index in [2.05, 4.69) is 5.32 Å². The molecule has 0 heterocycles.